The van der Waals surface area contributed by atoms with E-state index in [9.17, 15) is 14.4 Å². The first-order chi connectivity index (χ1) is 8.45. The Hall–Kier alpha value is -1.59. The highest BCUT2D eigenvalue weighted by atomic mass is 16.2. The molecule has 6 nitrogen and oxygen atoms in total. The second kappa shape index (κ2) is 6.37. The maximum Gasteiger partial charge on any atom is 0.311 e. The number of nitrogens with two attached hydrogens (primary N) is 1. The number of piperidine rings is 1. The predicted molar refractivity (Wildman–Crippen MR) is 66.4 cm³/mol. The average Bonchev–Trinajstić information content (AvgIpc) is 2.37. The zero-order chi connectivity index (χ0) is 13.7. The van der Waals surface area contributed by atoms with E-state index >= 15 is 0 Å². The smallest absolute Gasteiger partial charge is 0.311 e. The third-order valence-electron chi connectivity index (χ3n) is 3.37. The third-order valence-corrected chi connectivity index (χ3v) is 3.37. The summed E-state index contributed by atoms with van der Waals surface area (Å²) in [5.74, 6) is -1.59. The number of likely N-dealkylation sites (tertiary alicyclic amines) is 1. The molecule has 1 aliphatic rings. The van der Waals surface area contributed by atoms with Gasteiger partial charge in [0.2, 0.25) is 5.91 Å². The second-order valence-corrected chi connectivity index (χ2v) is 4.75. The Morgan fingerprint density at radius 3 is 2.33 bits per heavy atom. The first-order valence-corrected chi connectivity index (χ1v) is 6.34. The van der Waals surface area contributed by atoms with Gasteiger partial charge in [-0.2, -0.15) is 0 Å². The lowest BCUT2D eigenvalue weighted by Gasteiger charge is -2.30. The lowest BCUT2D eigenvalue weighted by Crippen LogP contribution is -2.49. The summed E-state index contributed by atoms with van der Waals surface area (Å²) in [5.41, 5.74) is 5.21. The molecule has 3 N–H and O–H groups in total. The minimum atomic E-state index is -0.568. The summed E-state index contributed by atoms with van der Waals surface area (Å²) in [4.78, 5) is 35.9. The van der Waals surface area contributed by atoms with Gasteiger partial charge in [-0.15, -0.1) is 0 Å². The van der Waals surface area contributed by atoms with Crippen LogP contribution in [0, 0.1) is 5.92 Å². The summed E-state index contributed by atoms with van der Waals surface area (Å²) in [6.07, 6.45) is 1.86. The van der Waals surface area contributed by atoms with E-state index in [1.807, 2.05) is 13.8 Å². The monoisotopic (exact) mass is 255 g/mol. The summed E-state index contributed by atoms with van der Waals surface area (Å²) in [7, 11) is 0. The molecule has 0 aromatic rings. The standard InChI is InChI=1S/C12H21N3O3/c1-3-8(2)14-11(17)12(18)15-6-4-9(5-7-15)10(13)16/h8-9H,3-7H2,1-2H3,(H2,13,16)(H,14,17). The van der Waals surface area contributed by atoms with E-state index in [1.54, 1.807) is 0 Å². The molecule has 0 aliphatic carbocycles. The zero-order valence-electron chi connectivity index (χ0n) is 10.9. The number of primary amides is 1. The number of nitrogens with zero attached hydrogens (tertiary/aromatic N) is 1. The normalized spacial score (nSPS) is 18.2. The molecule has 1 rings (SSSR count). The molecule has 1 heterocycles. The molecular weight excluding hydrogens is 234 g/mol. The van der Waals surface area contributed by atoms with Crippen LogP contribution >= 0.6 is 0 Å². The number of rotatable bonds is 3. The minimum absolute atomic E-state index is 0.00962. The molecular formula is C12H21N3O3. The predicted octanol–water partition coefficient (Wildman–Crippen LogP) is -0.375. The van der Waals surface area contributed by atoms with E-state index in [0.717, 1.165) is 6.42 Å². The van der Waals surface area contributed by atoms with E-state index < -0.39 is 11.8 Å². The van der Waals surface area contributed by atoms with Crippen LogP contribution in [0.5, 0.6) is 0 Å². The van der Waals surface area contributed by atoms with Gasteiger partial charge >= 0.3 is 11.8 Å². The second-order valence-electron chi connectivity index (χ2n) is 4.75. The molecule has 0 saturated carbocycles. The van der Waals surface area contributed by atoms with Crippen molar-refractivity contribution < 1.29 is 14.4 Å². The average molecular weight is 255 g/mol. The van der Waals surface area contributed by atoms with Gasteiger partial charge in [0.05, 0.1) is 0 Å². The summed E-state index contributed by atoms with van der Waals surface area (Å²) in [6, 6.07) is -0.00962. The van der Waals surface area contributed by atoms with Gasteiger partial charge in [0.15, 0.2) is 0 Å². The largest absolute Gasteiger partial charge is 0.369 e. The van der Waals surface area contributed by atoms with Crippen LogP contribution in [-0.4, -0.2) is 41.8 Å². The highest BCUT2D eigenvalue weighted by Crippen LogP contribution is 2.16. The zero-order valence-corrected chi connectivity index (χ0v) is 10.9. The van der Waals surface area contributed by atoms with Gasteiger partial charge in [-0.1, -0.05) is 6.92 Å². The molecule has 1 atom stereocenters. The first-order valence-electron chi connectivity index (χ1n) is 6.34. The van der Waals surface area contributed by atoms with Crippen LogP contribution in [0.25, 0.3) is 0 Å². The molecule has 0 spiro atoms. The van der Waals surface area contributed by atoms with Crippen LogP contribution in [0.4, 0.5) is 0 Å². The summed E-state index contributed by atoms with van der Waals surface area (Å²) in [5, 5.41) is 2.64. The van der Waals surface area contributed by atoms with Gasteiger partial charge in [-0.25, -0.2) is 0 Å². The molecule has 1 unspecified atom stereocenters. The van der Waals surface area contributed by atoms with E-state index in [0.29, 0.717) is 25.9 Å². The topological polar surface area (TPSA) is 92.5 Å². The van der Waals surface area contributed by atoms with Crippen molar-refractivity contribution in [3.05, 3.63) is 0 Å². The maximum absolute atomic E-state index is 11.8. The molecule has 18 heavy (non-hydrogen) atoms. The molecule has 0 bridgehead atoms. The summed E-state index contributed by atoms with van der Waals surface area (Å²) >= 11 is 0. The Labute approximate surface area is 107 Å². The number of nitrogens with one attached hydrogen (secondary N) is 1. The molecule has 0 aromatic heterocycles. The first kappa shape index (κ1) is 14.5. The SMILES string of the molecule is CCC(C)NC(=O)C(=O)N1CCC(C(N)=O)CC1. The Bertz CT molecular complexity index is 335. The quantitative estimate of drug-likeness (QED) is 0.674. The fraction of sp³-hybridized carbons (Fsp3) is 0.750. The van der Waals surface area contributed by atoms with Crippen molar-refractivity contribution in [3.8, 4) is 0 Å². The van der Waals surface area contributed by atoms with E-state index in [-0.39, 0.29) is 17.9 Å². The number of hydrogen-bond acceptors (Lipinski definition) is 3. The van der Waals surface area contributed by atoms with Crippen LogP contribution in [0.3, 0.4) is 0 Å². The van der Waals surface area contributed by atoms with Crippen molar-refractivity contribution in [2.45, 2.75) is 39.2 Å². The van der Waals surface area contributed by atoms with Crippen molar-refractivity contribution >= 4 is 17.7 Å². The number of carbonyl (C=O) groups excluding carboxylic acids is 3. The molecule has 1 fully saturated rings. The lowest BCUT2D eigenvalue weighted by molar-refractivity contribution is -0.147. The van der Waals surface area contributed by atoms with Crippen molar-refractivity contribution in [1.82, 2.24) is 10.2 Å². The van der Waals surface area contributed by atoms with Crippen LogP contribution in [0.1, 0.15) is 33.1 Å². The lowest BCUT2D eigenvalue weighted by atomic mass is 9.96. The Kier molecular flexibility index (Phi) is 5.12. The number of carbonyl (C=O) groups is 3. The molecule has 0 aromatic carbocycles. The highest BCUT2D eigenvalue weighted by Gasteiger charge is 2.29. The van der Waals surface area contributed by atoms with Crippen molar-refractivity contribution in [2.24, 2.45) is 11.7 Å². The molecule has 102 valence electrons. The number of amides is 3. The Morgan fingerprint density at radius 1 is 1.33 bits per heavy atom. The van der Waals surface area contributed by atoms with Crippen LogP contribution in [-0.2, 0) is 14.4 Å². The van der Waals surface area contributed by atoms with Gasteiger partial charge < -0.3 is 16.0 Å². The fourth-order valence-electron chi connectivity index (χ4n) is 1.90. The van der Waals surface area contributed by atoms with Crippen LogP contribution < -0.4 is 11.1 Å². The van der Waals surface area contributed by atoms with Gasteiger partial charge in [-0.05, 0) is 26.2 Å². The molecule has 3 amide bonds. The summed E-state index contributed by atoms with van der Waals surface area (Å²) < 4.78 is 0. The van der Waals surface area contributed by atoms with Gasteiger partial charge in [0, 0.05) is 25.0 Å². The van der Waals surface area contributed by atoms with Crippen LogP contribution in [0.15, 0.2) is 0 Å². The van der Waals surface area contributed by atoms with Crippen molar-refractivity contribution in [3.63, 3.8) is 0 Å². The van der Waals surface area contributed by atoms with E-state index in [2.05, 4.69) is 5.32 Å². The van der Waals surface area contributed by atoms with Crippen LogP contribution in [0.2, 0.25) is 0 Å². The maximum atomic E-state index is 11.8. The van der Waals surface area contributed by atoms with Crippen molar-refractivity contribution in [1.29, 1.82) is 0 Å². The van der Waals surface area contributed by atoms with Crippen molar-refractivity contribution in [2.75, 3.05) is 13.1 Å². The van der Waals surface area contributed by atoms with Gasteiger partial charge in [0.25, 0.3) is 0 Å². The fourth-order valence-corrected chi connectivity index (χ4v) is 1.90. The molecule has 1 aliphatic heterocycles. The van der Waals surface area contributed by atoms with E-state index in [1.165, 1.54) is 4.90 Å². The number of hydrogen-bond donors (Lipinski definition) is 2. The Balaban J connectivity index is 2.45. The Morgan fingerprint density at radius 2 is 1.89 bits per heavy atom. The van der Waals surface area contributed by atoms with Gasteiger partial charge in [0.1, 0.15) is 0 Å². The molecule has 1 saturated heterocycles. The van der Waals surface area contributed by atoms with Gasteiger partial charge in [-0.3, -0.25) is 14.4 Å². The minimum Gasteiger partial charge on any atom is -0.369 e. The summed E-state index contributed by atoms with van der Waals surface area (Å²) in [6.45, 7) is 4.62. The molecule has 6 heteroatoms. The van der Waals surface area contributed by atoms with E-state index in [4.69, 9.17) is 5.73 Å². The molecule has 0 radical (unpaired) electrons. The highest BCUT2D eigenvalue weighted by molar-refractivity contribution is 6.35. The third kappa shape index (κ3) is 3.72.